The smallest absolute Gasteiger partial charge is 0.262 e. The molecule has 6 heteroatoms. The molecule has 1 amide bonds. The van der Waals surface area contributed by atoms with E-state index in [1.807, 2.05) is 0 Å². The van der Waals surface area contributed by atoms with E-state index < -0.39 is 0 Å². The van der Waals surface area contributed by atoms with Crippen molar-refractivity contribution in [1.29, 1.82) is 0 Å². The third kappa shape index (κ3) is 1.39. The van der Waals surface area contributed by atoms with Gasteiger partial charge in [0, 0.05) is 7.05 Å². The fraction of sp³-hybridized carbons (Fsp3) is 0.375. The van der Waals surface area contributed by atoms with Crippen molar-refractivity contribution in [2.75, 3.05) is 20.2 Å². The fourth-order valence-corrected chi connectivity index (χ4v) is 1.42. The molecule has 0 bridgehead atoms. The molecule has 74 valence electrons. The minimum atomic E-state index is -0.205. The van der Waals surface area contributed by atoms with Gasteiger partial charge in [-0.25, -0.2) is 9.97 Å². The number of ether oxygens (including phenoxy) is 1. The summed E-state index contributed by atoms with van der Waals surface area (Å²) >= 11 is 5.80. The molecule has 5 nitrogen and oxygen atoms in total. The van der Waals surface area contributed by atoms with Crippen molar-refractivity contribution in [2.45, 2.75) is 0 Å². The zero-order valence-electron chi connectivity index (χ0n) is 7.53. The number of hydrogen-bond acceptors (Lipinski definition) is 4. The van der Waals surface area contributed by atoms with Crippen LogP contribution < -0.4 is 4.74 Å². The van der Waals surface area contributed by atoms with Gasteiger partial charge in [-0.2, -0.15) is 0 Å². The van der Waals surface area contributed by atoms with Gasteiger partial charge in [0.15, 0.2) is 0 Å². The van der Waals surface area contributed by atoms with Gasteiger partial charge in [-0.1, -0.05) is 11.6 Å². The van der Waals surface area contributed by atoms with Gasteiger partial charge >= 0.3 is 0 Å². The van der Waals surface area contributed by atoms with Crippen LogP contribution in [0.3, 0.4) is 0 Å². The van der Waals surface area contributed by atoms with Crippen LogP contribution in [0, 0.1) is 0 Å². The Morgan fingerprint density at radius 2 is 2.36 bits per heavy atom. The Morgan fingerprint density at radius 1 is 1.57 bits per heavy atom. The van der Waals surface area contributed by atoms with Crippen LogP contribution in [0.1, 0.15) is 10.4 Å². The quantitative estimate of drug-likeness (QED) is 0.592. The van der Waals surface area contributed by atoms with Crippen molar-refractivity contribution in [3.63, 3.8) is 0 Å². The van der Waals surface area contributed by atoms with Crippen LogP contribution in [-0.2, 0) is 0 Å². The molecule has 0 N–H and O–H groups in total. The highest BCUT2D eigenvalue weighted by molar-refractivity contribution is 6.32. The molecule has 0 unspecified atom stereocenters. The van der Waals surface area contributed by atoms with Crippen molar-refractivity contribution >= 4 is 17.5 Å². The maximum Gasteiger partial charge on any atom is 0.262 e. The van der Waals surface area contributed by atoms with Crippen LogP contribution in [0.25, 0.3) is 0 Å². The molecule has 1 aromatic rings. The SMILES string of the molecule is CN1CCOc2ncnc(Cl)c2C1=O. The summed E-state index contributed by atoms with van der Waals surface area (Å²) in [7, 11) is 1.68. The molecule has 0 aromatic carbocycles. The number of carbonyl (C=O) groups excluding carboxylic acids is 1. The molecule has 1 aliphatic rings. The molecule has 0 saturated heterocycles. The first kappa shape index (κ1) is 9.21. The number of halogens is 1. The van der Waals surface area contributed by atoms with E-state index in [0.717, 1.165) is 0 Å². The summed E-state index contributed by atoms with van der Waals surface area (Å²) in [5.74, 6) is 0.0578. The third-order valence-electron chi connectivity index (χ3n) is 1.99. The van der Waals surface area contributed by atoms with Gasteiger partial charge < -0.3 is 9.64 Å². The largest absolute Gasteiger partial charge is 0.475 e. The summed E-state index contributed by atoms with van der Waals surface area (Å²) in [5, 5.41) is 0.133. The summed E-state index contributed by atoms with van der Waals surface area (Å²) in [5.41, 5.74) is 0.245. The average Bonchev–Trinajstić information content (AvgIpc) is 2.29. The van der Waals surface area contributed by atoms with Gasteiger partial charge in [-0.3, -0.25) is 4.79 Å². The molecule has 0 saturated carbocycles. The Morgan fingerprint density at radius 3 is 3.14 bits per heavy atom. The molecular weight excluding hydrogens is 206 g/mol. The lowest BCUT2D eigenvalue weighted by atomic mass is 10.3. The first-order chi connectivity index (χ1) is 6.70. The van der Waals surface area contributed by atoms with E-state index in [0.29, 0.717) is 13.2 Å². The zero-order chi connectivity index (χ0) is 10.1. The Labute approximate surface area is 85.7 Å². The van der Waals surface area contributed by atoms with E-state index in [1.54, 1.807) is 7.05 Å². The van der Waals surface area contributed by atoms with Gasteiger partial charge in [0.2, 0.25) is 5.88 Å². The third-order valence-corrected chi connectivity index (χ3v) is 2.28. The van der Waals surface area contributed by atoms with Crippen molar-refractivity contribution in [3.05, 3.63) is 17.0 Å². The van der Waals surface area contributed by atoms with Crippen molar-refractivity contribution in [1.82, 2.24) is 14.9 Å². The second kappa shape index (κ2) is 3.42. The monoisotopic (exact) mass is 213 g/mol. The second-order valence-corrected chi connectivity index (χ2v) is 3.28. The number of hydrogen-bond donors (Lipinski definition) is 0. The first-order valence-electron chi connectivity index (χ1n) is 4.09. The number of carbonyl (C=O) groups is 1. The van der Waals surface area contributed by atoms with Gasteiger partial charge in [0.05, 0.1) is 6.54 Å². The number of amides is 1. The van der Waals surface area contributed by atoms with E-state index in [1.165, 1.54) is 11.2 Å². The molecule has 2 rings (SSSR count). The summed E-state index contributed by atoms with van der Waals surface area (Å²) in [4.78, 5) is 20.9. The van der Waals surface area contributed by atoms with E-state index in [2.05, 4.69) is 9.97 Å². The predicted octanol–water partition coefficient (Wildman–Crippen LogP) is 0.594. The molecule has 0 fully saturated rings. The normalized spacial score (nSPS) is 15.9. The van der Waals surface area contributed by atoms with Crippen LogP contribution >= 0.6 is 11.6 Å². The van der Waals surface area contributed by atoms with Crippen LogP contribution in [-0.4, -0.2) is 41.0 Å². The second-order valence-electron chi connectivity index (χ2n) is 2.92. The molecular formula is C8H8ClN3O2. The summed E-state index contributed by atoms with van der Waals surface area (Å²) in [6.07, 6.45) is 1.28. The Balaban J connectivity index is 2.55. The lowest BCUT2D eigenvalue weighted by Gasteiger charge is -2.12. The van der Waals surface area contributed by atoms with E-state index in [4.69, 9.17) is 16.3 Å². The molecule has 1 aliphatic heterocycles. The molecule has 1 aromatic heterocycles. The van der Waals surface area contributed by atoms with Crippen molar-refractivity contribution in [2.24, 2.45) is 0 Å². The van der Waals surface area contributed by atoms with Crippen LogP contribution in [0.4, 0.5) is 0 Å². The lowest BCUT2D eigenvalue weighted by molar-refractivity contribution is 0.0796. The standard InChI is InChI=1S/C8H8ClN3O2/c1-12-2-3-14-7-5(8(12)13)6(9)10-4-11-7/h4H,2-3H2,1H3. The topological polar surface area (TPSA) is 55.3 Å². The molecule has 0 radical (unpaired) electrons. The number of aromatic nitrogens is 2. The number of rotatable bonds is 0. The fourth-order valence-electron chi connectivity index (χ4n) is 1.21. The highest BCUT2D eigenvalue weighted by Gasteiger charge is 2.25. The van der Waals surface area contributed by atoms with Gasteiger partial charge in [-0.15, -0.1) is 0 Å². The van der Waals surface area contributed by atoms with Gasteiger partial charge in [0.1, 0.15) is 23.7 Å². The Kier molecular flexibility index (Phi) is 2.25. The van der Waals surface area contributed by atoms with E-state index >= 15 is 0 Å². The van der Waals surface area contributed by atoms with Gasteiger partial charge in [-0.05, 0) is 0 Å². The predicted molar refractivity (Wildman–Crippen MR) is 49.5 cm³/mol. The Bertz CT molecular complexity index is 383. The van der Waals surface area contributed by atoms with Crippen molar-refractivity contribution in [3.8, 4) is 5.88 Å². The van der Waals surface area contributed by atoms with Gasteiger partial charge in [0.25, 0.3) is 5.91 Å². The van der Waals surface area contributed by atoms with Crippen LogP contribution in [0.2, 0.25) is 5.15 Å². The van der Waals surface area contributed by atoms with E-state index in [9.17, 15) is 4.79 Å². The highest BCUT2D eigenvalue weighted by Crippen LogP contribution is 2.24. The summed E-state index contributed by atoms with van der Waals surface area (Å²) in [6.45, 7) is 0.939. The van der Waals surface area contributed by atoms with E-state index in [-0.39, 0.29) is 22.5 Å². The van der Waals surface area contributed by atoms with Crippen LogP contribution in [0.5, 0.6) is 5.88 Å². The number of fused-ring (bicyclic) bond motifs is 1. The lowest BCUT2D eigenvalue weighted by Crippen LogP contribution is -2.28. The highest BCUT2D eigenvalue weighted by atomic mass is 35.5. The molecule has 0 spiro atoms. The zero-order valence-corrected chi connectivity index (χ0v) is 8.28. The summed E-state index contributed by atoms with van der Waals surface area (Å²) < 4.78 is 5.27. The minimum Gasteiger partial charge on any atom is -0.475 e. The first-order valence-corrected chi connectivity index (χ1v) is 4.46. The molecule has 0 atom stereocenters. The number of likely N-dealkylation sites (N-methyl/N-ethyl adjacent to an activating group) is 1. The maximum absolute atomic E-state index is 11.7. The average molecular weight is 214 g/mol. The minimum absolute atomic E-state index is 0.133. The molecule has 2 heterocycles. The molecule has 14 heavy (non-hydrogen) atoms. The van der Waals surface area contributed by atoms with Crippen molar-refractivity contribution < 1.29 is 9.53 Å². The summed E-state index contributed by atoms with van der Waals surface area (Å²) in [6, 6.07) is 0. The van der Waals surface area contributed by atoms with Crippen LogP contribution in [0.15, 0.2) is 6.33 Å². The number of nitrogens with zero attached hydrogens (tertiary/aromatic N) is 3. The maximum atomic E-state index is 11.7. The molecule has 0 aliphatic carbocycles. The Hall–Kier alpha value is -1.36.